The van der Waals surface area contributed by atoms with Crippen LogP contribution in [0.2, 0.25) is 0 Å². The Morgan fingerprint density at radius 2 is 1.59 bits per heavy atom. The largest absolute Gasteiger partial charge is 0.382 e. The summed E-state index contributed by atoms with van der Waals surface area (Å²) in [7, 11) is 0.297. The van der Waals surface area contributed by atoms with Crippen LogP contribution in [0.5, 0.6) is 0 Å². The average molecular weight is 617 g/mol. The highest BCUT2D eigenvalue weighted by atomic mass is 32.2. The number of benzene rings is 3. The summed E-state index contributed by atoms with van der Waals surface area (Å²) in [5.41, 5.74) is 17.7. The van der Waals surface area contributed by atoms with E-state index in [2.05, 4.69) is 32.0 Å². The van der Waals surface area contributed by atoms with E-state index in [9.17, 15) is 8.42 Å². The zero-order chi connectivity index (χ0) is 31.1. The second kappa shape index (κ2) is 13.9. The lowest BCUT2D eigenvalue weighted by molar-refractivity contribution is 0.131. The molecule has 5 aromatic rings. The molecule has 0 radical (unpaired) electrons. The Bertz CT molecular complexity index is 1800. The summed E-state index contributed by atoms with van der Waals surface area (Å²) in [6.45, 7) is 3.50. The van der Waals surface area contributed by atoms with Crippen molar-refractivity contribution in [3.63, 3.8) is 0 Å². The second-order valence-electron chi connectivity index (χ2n) is 10.7. The highest BCUT2D eigenvalue weighted by Crippen LogP contribution is 2.29. The monoisotopic (exact) mass is 616 g/mol. The third kappa shape index (κ3) is 7.21. The van der Waals surface area contributed by atoms with Crippen LogP contribution < -0.4 is 26.2 Å². The summed E-state index contributed by atoms with van der Waals surface area (Å²) < 4.78 is 36.3. The minimum absolute atomic E-state index is 0.153. The van der Waals surface area contributed by atoms with Crippen molar-refractivity contribution >= 4 is 54.8 Å². The highest BCUT2D eigenvalue weighted by Gasteiger charge is 2.17. The summed E-state index contributed by atoms with van der Waals surface area (Å²) in [6, 6.07) is 22.4. The van der Waals surface area contributed by atoms with Gasteiger partial charge in [-0.05, 0) is 61.0 Å². The number of rotatable bonds is 15. The van der Waals surface area contributed by atoms with Crippen molar-refractivity contribution in [1.82, 2.24) is 19.3 Å². The number of nitrogens with two attached hydrogens (primary N) is 1. The Balaban J connectivity index is 1.13. The number of unbranched alkanes of at least 4 members (excludes halogenated alkanes) is 1. The molecule has 44 heavy (non-hydrogen) atoms. The van der Waals surface area contributed by atoms with Gasteiger partial charge in [0, 0.05) is 44.7 Å². The molecule has 0 spiro atoms. The molecule has 11 nitrogen and oxygen atoms in total. The highest BCUT2D eigenvalue weighted by molar-refractivity contribution is 7.89. The zero-order valence-corrected chi connectivity index (χ0v) is 26.2. The molecule has 5 rings (SSSR count). The van der Waals surface area contributed by atoms with Crippen LogP contribution >= 0.6 is 0 Å². The van der Waals surface area contributed by atoms with Crippen molar-refractivity contribution in [3.05, 3.63) is 78.6 Å². The van der Waals surface area contributed by atoms with E-state index in [-0.39, 0.29) is 18.0 Å². The van der Waals surface area contributed by atoms with Crippen LogP contribution in [0, 0.1) is 0 Å². The van der Waals surface area contributed by atoms with Gasteiger partial charge < -0.3 is 30.8 Å². The van der Waals surface area contributed by atoms with Crippen LogP contribution in [0.1, 0.15) is 25.6 Å². The minimum atomic E-state index is -3.68. The molecule has 2 aromatic heterocycles. The first-order valence-corrected chi connectivity index (χ1v) is 16.3. The van der Waals surface area contributed by atoms with Crippen molar-refractivity contribution in [2.45, 2.75) is 37.6 Å². The molecule has 0 aliphatic heterocycles. The molecule has 232 valence electrons. The Morgan fingerprint density at radius 3 is 2.27 bits per heavy atom. The summed E-state index contributed by atoms with van der Waals surface area (Å²) in [5, 5.41) is 0.996. The molecule has 3 aromatic carbocycles. The second-order valence-corrected chi connectivity index (χ2v) is 12.5. The quantitative estimate of drug-likeness (QED) is 0.0944. The molecule has 0 atom stereocenters. The molecule has 12 heteroatoms. The summed E-state index contributed by atoms with van der Waals surface area (Å²) in [5.74, 6) is 1.37. The number of hydrogen-bond acceptors (Lipinski definition) is 9. The van der Waals surface area contributed by atoms with Crippen LogP contribution in [0.4, 0.5) is 22.9 Å². The molecular formula is C32H40N8O3S. The fraction of sp³-hybridized carbons (Fsp3) is 0.312. The van der Waals surface area contributed by atoms with Crippen LogP contribution in [0.3, 0.4) is 0 Å². The number of anilines is 4. The molecule has 0 fully saturated rings. The van der Waals surface area contributed by atoms with Gasteiger partial charge in [0.1, 0.15) is 11.3 Å². The lowest BCUT2D eigenvalue weighted by atomic mass is 10.2. The topological polar surface area (TPSA) is 139 Å². The van der Waals surface area contributed by atoms with Gasteiger partial charge in [0.15, 0.2) is 5.82 Å². The molecule has 0 saturated carbocycles. The lowest BCUT2D eigenvalue weighted by Gasteiger charge is -2.14. The van der Waals surface area contributed by atoms with Gasteiger partial charge in [-0.2, -0.15) is 0 Å². The van der Waals surface area contributed by atoms with Gasteiger partial charge in [0.2, 0.25) is 10.0 Å². The lowest BCUT2D eigenvalue weighted by Crippen LogP contribution is -2.28. The van der Waals surface area contributed by atoms with Crippen molar-refractivity contribution in [3.8, 4) is 0 Å². The number of aryl methyl sites for hydroxylation is 1. The fourth-order valence-corrected chi connectivity index (χ4v) is 5.98. The first-order valence-electron chi connectivity index (χ1n) is 14.8. The number of nitrogens with one attached hydrogen (secondary N) is 3. The number of fused-ring (bicyclic) bond motifs is 3. The molecular weight excluding hydrogens is 576 g/mol. The van der Waals surface area contributed by atoms with Gasteiger partial charge in [-0.15, -0.1) is 0 Å². The normalized spacial score (nSPS) is 11.7. The van der Waals surface area contributed by atoms with Gasteiger partial charge in [0.25, 0.3) is 0 Å². The third-order valence-corrected chi connectivity index (χ3v) is 8.82. The number of hydrogen-bond donors (Lipinski definition) is 4. The number of hydrazine groups is 1. The zero-order valence-electron chi connectivity index (χ0n) is 25.4. The maximum absolute atomic E-state index is 12.8. The van der Waals surface area contributed by atoms with Crippen molar-refractivity contribution in [1.29, 1.82) is 0 Å². The van der Waals surface area contributed by atoms with E-state index < -0.39 is 10.0 Å². The van der Waals surface area contributed by atoms with Gasteiger partial charge in [0.05, 0.1) is 40.5 Å². The van der Waals surface area contributed by atoms with E-state index in [4.69, 9.17) is 15.5 Å². The van der Waals surface area contributed by atoms with Gasteiger partial charge >= 0.3 is 0 Å². The summed E-state index contributed by atoms with van der Waals surface area (Å²) in [4.78, 5) is 11.6. The molecule has 2 heterocycles. The van der Waals surface area contributed by atoms with E-state index in [0.717, 1.165) is 58.6 Å². The smallest absolute Gasteiger partial charge is 0.240 e. The molecule has 0 aliphatic carbocycles. The SMILES string of the molecule is CCCCc1nc2c(N)nc3ccccc3c2n1CCOCCNS(=O)(=O)c1ccc(NNc2ccc(N(C)C)cc2)cc1. The standard InChI is InChI=1S/C32H40N8O3S/c1-4-5-10-29-36-30-31(27-8-6-7-9-28(27)35-32(30)33)40(29)20-22-43-21-19-34-44(41,42)26-17-13-24(14-18-26)38-37-23-11-15-25(16-12-23)39(2)3/h6-9,11-18,34,37-38H,4-5,10,19-22H2,1-3H3,(H2,33,35). The maximum atomic E-state index is 12.8. The minimum Gasteiger partial charge on any atom is -0.382 e. The van der Waals surface area contributed by atoms with Gasteiger partial charge in [-0.1, -0.05) is 31.5 Å². The van der Waals surface area contributed by atoms with E-state index in [1.54, 1.807) is 24.3 Å². The van der Waals surface area contributed by atoms with Gasteiger partial charge in [-0.3, -0.25) is 0 Å². The first kappa shape index (κ1) is 31.0. The number of imidazole rings is 1. The molecule has 0 bridgehead atoms. The van der Waals surface area contributed by atoms with E-state index in [1.807, 2.05) is 67.5 Å². The van der Waals surface area contributed by atoms with Crippen LogP contribution in [0.25, 0.3) is 21.9 Å². The number of pyridine rings is 1. The van der Waals surface area contributed by atoms with Crippen LogP contribution in [0.15, 0.2) is 77.7 Å². The Hall–Kier alpha value is -4.39. The predicted molar refractivity (Wildman–Crippen MR) is 179 cm³/mol. The Kier molecular flexibility index (Phi) is 9.83. The van der Waals surface area contributed by atoms with E-state index >= 15 is 0 Å². The van der Waals surface area contributed by atoms with Crippen LogP contribution in [-0.4, -0.2) is 56.8 Å². The maximum Gasteiger partial charge on any atom is 0.240 e. The molecule has 0 saturated heterocycles. The van der Waals surface area contributed by atoms with Gasteiger partial charge in [-0.25, -0.2) is 23.1 Å². The molecule has 0 amide bonds. The number of aromatic nitrogens is 3. The Morgan fingerprint density at radius 1 is 0.909 bits per heavy atom. The fourth-order valence-electron chi connectivity index (χ4n) is 4.97. The first-order chi connectivity index (χ1) is 21.3. The number of ether oxygens (including phenoxy) is 1. The number of nitrogen functional groups attached to an aromatic ring is 1. The molecule has 0 aliphatic rings. The van der Waals surface area contributed by atoms with Crippen molar-refractivity contribution < 1.29 is 13.2 Å². The third-order valence-electron chi connectivity index (χ3n) is 7.34. The Labute approximate surface area is 258 Å². The predicted octanol–water partition coefficient (Wildman–Crippen LogP) is 5.01. The van der Waals surface area contributed by atoms with E-state index in [0.29, 0.717) is 24.5 Å². The van der Waals surface area contributed by atoms with Crippen LogP contribution in [-0.2, 0) is 27.7 Å². The molecule has 0 unspecified atom stereocenters. The van der Waals surface area contributed by atoms with Crippen molar-refractivity contribution in [2.24, 2.45) is 0 Å². The summed E-state index contributed by atoms with van der Waals surface area (Å²) in [6.07, 6.45) is 2.89. The molecule has 5 N–H and O–H groups in total. The van der Waals surface area contributed by atoms with E-state index in [1.165, 1.54) is 0 Å². The number of sulfonamides is 1. The number of para-hydroxylation sites is 1. The number of nitrogens with zero attached hydrogens (tertiary/aromatic N) is 4. The summed E-state index contributed by atoms with van der Waals surface area (Å²) >= 11 is 0. The van der Waals surface area contributed by atoms with Crippen molar-refractivity contribution in [2.75, 3.05) is 55.3 Å². The average Bonchev–Trinajstić information content (AvgIpc) is 3.40.